The Bertz CT molecular complexity index is 726. The third-order valence-corrected chi connectivity index (χ3v) is 5.67. The van der Waals surface area contributed by atoms with Crippen molar-refractivity contribution in [1.82, 2.24) is 14.7 Å². The van der Waals surface area contributed by atoms with E-state index in [1.54, 1.807) is 4.90 Å². The summed E-state index contributed by atoms with van der Waals surface area (Å²) in [5.41, 5.74) is 0.825. The number of amides is 2. The van der Waals surface area contributed by atoms with Gasteiger partial charge in [0, 0.05) is 26.2 Å². The molecular weight excluding hydrogens is 374 g/mol. The maximum absolute atomic E-state index is 13.1. The zero-order valence-electron chi connectivity index (χ0n) is 16.8. The van der Waals surface area contributed by atoms with E-state index in [9.17, 15) is 19.5 Å². The predicted molar refractivity (Wildman–Crippen MR) is 106 cm³/mol. The summed E-state index contributed by atoms with van der Waals surface area (Å²) >= 11 is 0. The number of carbonyl (C=O) groups is 3. The molecule has 0 spiro atoms. The first kappa shape index (κ1) is 21.1. The van der Waals surface area contributed by atoms with Gasteiger partial charge in [-0.3, -0.25) is 9.69 Å². The van der Waals surface area contributed by atoms with Crippen LogP contribution in [0, 0.1) is 5.92 Å². The number of likely N-dealkylation sites (N-methyl/N-ethyl adjacent to an activating group) is 1. The number of nitrogens with zero attached hydrogens (tertiary/aromatic N) is 3. The van der Waals surface area contributed by atoms with Crippen molar-refractivity contribution in [2.24, 2.45) is 5.92 Å². The zero-order valence-corrected chi connectivity index (χ0v) is 16.8. The fourth-order valence-electron chi connectivity index (χ4n) is 4.07. The van der Waals surface area contributed by atoms with Crippen molar-refractivity contribution in [2.75, 3.05) is 39.8 Å². The van der Waals surface area contributed by atoms with Gasteiger partial charge in [0.2, 0.25) is 5.91 Å². The standard InChI is InChI=1S/C21H29N3O5/c1-22-10-6-11-23(14-13-22)19(25)17-9-5-12-24(18(17)20(26)27)21(28)29-15-16-7-3-2-4-8-16/h2-4,7-8,17-18H,5-6,9-15H2,1H3,(H,26,27)/t17-,18+/m0/s1. The van der Waals surface area contributed by atoms with Gasteiger partial charge in [0.25, 0.3) is 0 Å². The first-order valence-electron chi connectivity index (χ1n) is 10.1. The molecule has 0 bridgehead atoms. The molecule has 0 saturated carbocycles. The SMILES string of the molecule is CN1CCCN(C(=O)[C@H]2CCCN(C(=O)OCc3ccccc3)[C@H]2C(=O)O)CC1. The lowest BCUT2D eigenvalue weighted by molar-refractivity contribution is -0.153. The number of carboxylic acids is 1. The van der Waals surface area contributed by atoms with E-state index >= 15 is 0 Å². The van der Waals surface area contributed by atoms with E-state index in [2.05, 4.69) is 4.90 Å². The quantitative estimate of drug-likeness (QED) is 0.822. The lowest BCUT2D eigenvalue weighted by atomic mass is 9.88. The number of benzene rings is 1. The highest BCUT2D eigenvalue weighted by atomic mass is 16.6. The minimum absolute atomic E-state index is 0.0690. The number of carbonyl (C=O) groups excluding carboxylic acids is 2. The van der Waals surface area contributed by atoms with Gasteiger partial charge in [-0.15, -0.1) is 0 Å². The second-order valence-corrected chi connectivity index (χ2v) is 7.75. The summed E-state index contributed by atoms with van der Waals surface area (Å²) in [6, 6.07) is 8.03. The van der Waals surface area contributed by atoms with Crippen LogP contribution in [0.4, 0.5) is 4.79 Å². The van der Waals surface area contributed by atoms with Crippen molar-refractivity contribution in [2.45, 2.75) is 31.9 Å². The van der Waals surface area contributed by atoms with Crippen molar-refractivity contribution in [3.63, 3.8) is 0 Å². The van der Waals surface area contributed by atoms with E-state index in [-0.39, 0.29) is 19.1 Å². The monoisotopic (exact) mass is 403 g/mol. The fourth-order valence-corrected chi connectivity index (χ4v) is 4.07. The smallest absolute Gasteiger partial charge is 0.410 e. The number of hydrogen-bond donors (Lipinski definition) is 1. The largest absolute Gasteiger partial charge is 0.480 e. The number of carboxylic acid groups (broad SMARTS) is 1. The highest BCUT2D eigenvalue weighted by Crippen LogP contribution is 2.27. The van der Waals surface area contributed by atoms with Gasteiger partial charge in [0.15, 0.2) is 0 Å². The minimum Gasteiger partial charge on any atom is -0.480 e. The Hall–Kier alpha value is -2.61. The van der Waals surface area contributed by atoms with E-state index in [4.69, 9.17) is 4.74 Å². The van der Waals surface area contributed by atoms with Crippen LogP contribution in [0.25, 0.3) is 0 Å². The third kappa shape index (κ3) is 5.26. The molecule has 2 aliphatic heterocycles. The molecule has 2 aliphatic rings. The molecule has 0 aliphatic carbocycles. The van der Waals surface area contributed by atoms with Crippen LogP contribution in [0.3, 0.4) is 0 Å². The fraction of sp³-hybridized carbons (Fsp3) is 0.571. The van der Waals surface area contributed by atoms with E-state index in [1.165, 1.54) is 4.90 Å². The average molecular weight is 403 g/mol. The maximum atomic E-state index is 13.1. The number of hydrogen-bond acceptors (Lipinski definition) is 5. The second-order valence-electron chi connectivity index (χ2n) is 7.75. The Labute approximate surface area is 171 Å². The first-order valence-corrected chi connectivity index (χ1v) is 10.1. The van der Waals surface area contributed by atoms with Crippen LogP contribution in [-0.2, 0) is 20.9 Å². The Morgan fingerprint density at radius 3 is 2.52 bits per heavy atom. The molecule has 1 aromatic rings. The van der Waals surface area contributed by atoms with Crippen LogP contribution in [0.2, 0.25) is 0 Å². The molecule has 2 amide bonds. The lowest BCUT2D eigenvalue weighted by Crippen LogP contribution is -2.57. The lowest BCUT2D eigenvalue weighted by Gasteiger charge is -2.39. The molecule has 8 nitrogen and oxygen atoms in total. The van der Waals surface area contributed by atoms with Crippen molar-refractivity contribution in [3.05, 3.63) is 35.9 Å². The molecule has 1 N–H and O–H groups in total. The predicted octanol–water partition coefficient (Wildman–Crippen LogP) is 1.65. The van der Waals surface area contributed by atoms with Crippen molar-refractivity contribution in [1.29, 1.82) is 0 Å². The molecular formula is C21H29N3O5. The first-order chi connectivity index (χ1) is 14.0. The average Bonchev–Trinajstić information content (AvgIpc) is 2.96. The molecule has 3 rings (SSSR count). The molecule has 8 heteroatoms. The Morgan fingerprint density at radius 2 is 1.79 bits per heavy atom. The van der Waals surface area contributed by atoms with E-state index in [1.807, 2.05) is 37.4 Å². The number of ether oxygens (including phenoxy) is 1. The van der Waals surface area contributed by atoms with E-state index < -0.39 is 24.0 Å². The van der Waals surface area contributed by atoms with Crippen LogP contribution in [0.15, 0.2) is 30.3 Å². The van der Waals surface area contributed by atoms with Crippen molar-refractivity contribution >= 4 is 18.0 Å². The highest BCUT2D eigenvalue weighted by molar-refractivity contribution is 5.89. The molecule has 2 heterocycles. The van der Waals surface area contributed by atoms with Crippen molar-refractivity contribution < 1.29 is 24.2 Å². The van der Waals surface area contributed by atoms with Gasteiger partial charge in [0.1, 0.15) is 12.6 Å². The van der Waals surface area contributed by atoms with Gasteiger partial charge in [0.05, 0.1) is 5.92 Å². The van der Waals surface area contributed by atoms with Gasteiger partial charge < -0.3 is 19.6 Å². The van der Waals surface area contributed by atoms with Gasteiger partial charge in [-0.2, -0.15) is 0 Å². The Morgan fingerprint density at radius 1 is 1.03 bits per heavy atom. The molecule has 2 fully saturated rings. The van der Waals surface area contributed by atoms with Crippen LogP contribution in [0.5, 0.6) is 0 Å². The van der Waals surface area contributed by atoms with Crippen molar-refractivity contribution in [3.8, 4) is 0 Å². The molecule has 2 saturated heterocycles. The number of aliphatic carboxylic acids is 1. The number of likely N-dealkylation sites (tertiary alicyclic amines) is 1. The summed E-state index contributed by atoms with van der Waals surface area (Å²) in [6.45, 7) is 3.21. The van der Waals surface area contributed by atoms with Crippen LogP contribution >= 0.6 is 0 Å². The third-order valence-electron chi connectivity index (χ3n) is 5.67. The topological polar surface area (TPSA) is 90.4 Å². The summed E-state index contributed by atoms with van der Waals surface area (Å²) in [5.74, 6) is -2.08. The summed E-state index contributed by atoms with van der Waals surface area (Å²) in [7, 11) is 2.01. The molecule has 1 aromatic carbocycles. The Kier molecular flexibility index (Phi) is 7.09. The molecule has 0 aromatic heterocycles. The van der Waals surface area contributed by atoms with E-state index in [0.717, 1.165) is 25.1 Å². The van der Waals surface area contributed by atoms with Crippen LogP contribution in [-0.4, -0.2) is 83.6 Å². The molecule has 29 heavy (non-hydrogen) atoms. The van der Waals surface area contributed by atoms with Gasteiger partial charge in [-0.1, -0.05) is 30.3 Å². The van der Waals surface area contributed by atoms with Crippen LogP contribution in [0.1, 0.15) is 24.8 Å². The summed E-state index contributed by atoms with van der Waals surface area (Å²) < 4.78 is 5.35. The van der Waals surface area contributed by atoms with Gasteiger partial charge in [-0.25, -0.2) is 9.59 Å². The molecule has 0 radical (unpaired) electrons. The second kappa shape index (κ2) is 9.73. The summed E-state index contributed by atoms with van der Waals surface area (Å²) in [6.07, 6.45) is 1.21. The maximum Gasteiger partial charge on any atom is 0.410 e. The van der Waals surface area contributed by atoms with E-state index in [0.29, 0.717) is 25.9 Å². The van der Waals surface area contributed by atoms with Crippen LogP contribution < -0.4 is 0 Å². The normalized spacial score (nSPS) is 23.3. The van der Waals surface area contributed by atoms with Gasteiger partial charge >= 0.3 is 12.1 Å². The summed E-state index contributed by atoms with van der Waals surface area (Å²) in [5, 5.41) is 9.83. The molecule has 0 unspecified atom stereocenters. The highest BCUT2D eigenvalue weighted by Gasteiger charge is 2.45. The Balaban J connectivity index is 1.69. The summed E-state index contributed by atoms with van der Waals surface area (Å²) in [4.78, 5) is 42.9. The molecule has 158 valence electrons. The number of piperidine rings is 1. The number of rotatable bonds is 4. The zero-order chi connectivity index (χ0) is 20.8. The minimum atomic E-state index is -1.19. The van der Waals surface area contributed by atoms with Gasteiger partial charge in [-0.05, 0) is 38.4 Å². The molecule has 2 atom stereocenters.